The second-order valence-electron chi connectivity index (χ2n) is 12.6. The van der Waals surface area contributed by atoms with E-state index in [1.807, 2.05) is 48.5 Å². The Morgan fingerprint density at radius 3 is 1.36 bits per heavy atom. The number of hydrogen-bond donors (Lipinski definition) is 2. The maximum absolute atomic E-state index is 12.4. The molecule has 6 heterocycles. The van der Waals surface area contributed by atoms with Crippen LogP contribution in [0.4, 0.5) is 0 Å². The Balaban J connectivity index is 0.000000137. The number of piperidine rings is 2. The fourth-order valence-electron chi connectivity index (χ4n) is 7.83. The van der Waals surface area contributed by atoms with E-state index in [2.05, 4.69) is 33.9 Å². The van der Waals surface area contributed by atoms with Crippen molar-refractivity contribution in [2.45, 2.75) is 87.7 Å². The fraction of sp³-hybridized carbons (Fsp3) is 0.471. The molecule has 2 unspecified atom stereocenters. The first kappa shape index (κ1) is 27.2. The molecule has 4 aromatic rings. The standard InChI is InChI=1S/2C17H20N2O2/c2*1-19-11-6-7-12(19)9-13(8-11)21-17(20)15-10-18-16-5-3-2-4-14(15)16/h2*2-5,10-13,18H,6-9H2,1H3/t2*11-,12+,13?. The van der Waals surface area contributed by atoms with E-state index in [4.69, 9.17) is 9.47 Å². The zero-order valence-corrected chi connectivity index (χ0v) is 24.4. The van der Waals surface area contributed by atoms with Crippen molar-refractivity contribution in [3.05, 3.63) is 72.1 Å². The van der Waals surface area contributed by atoms with Crippen molar-refractivity contribution < 1.29 is 19.1 Å². The van der Waals surface area contributed by atoms with E-state index in [9.17, 15) is 9.59 Å². The van der Waals surface area contributed by atoms with Gasteiger partial charge in [0.2, 0.25) is 0 Å². The van der Waals surface area contributed by atoms with E-state index in [1.54, 1.807) is 12.4 Å². The molecule has 0 saturated carbocycles. The van der Waals surface area contributed by atoms with Crippen molar-refractivity contribution in [2.75, 3.05) is 14.1 Å². The summed E-state index contributed by atoms with van der Waals surface area (Å²) in [6.45, 7) is 0. The molecule has 0 aliphatic carbocycles. The third-order valence-corrected chi connectivity index (χ3v) is 10.3. The lowest BCUT2D eigenvalue weighted by atomic mass is 10.0. The van der Waals surface area contributed by atoms with Gasteiger partial charge >= 0.3 is 11.9 Å². The molecule has 0 spiro atoms. The molecule has 8 heteroatoms. The molecule has 42 heavy (non-hydrogen) atoms. The molecular weight excluding hydrogens is 528 g/mol. The van der Waals surface area contributed by atoms with E-state index in [-0.39, 0.29) is 24.1 Å². The highest BCUT2D eigenvalue weighted by Crippen LogP contribution is 2.37. The number of esters is 2. The van der Waals surface area contributed by atoms with E-state index in [1.165, 1.54) is 25.7 Å². The number of nitrogens with one attached hydrogen (secondary N) is 2. The quantitative estimate of drug-likeness (QED) is 0.298. The molecule has 2 aromatic heterocycles. The van der Waals surface area contributed by atoms with Crippen molar-refractivity contribution in [1.82, 2.24) is 19.8 Å². The Morgan fingerprint density at radius 2 is 0.976 bits per heavy atom. The van der Waals surface area contributed by atoms with Crippen LogP contribution in [0.15, 0.2) is 60.9 Å². The van der Waals surface area contributed by atoms with Gasteiger partial charge in [-0.25, -0.2) is 9.59 Å². The molecule has 4 aliphatic heterocycles. The number of fused-ring (bicyclic) bond motifs is 6. The van der Waals surface area contributed by atoms with Gasteiger partial charge in [-0.15, -0.1) is 0 Å². The molecule has 4 aliphatic rings. The second kappa shape index (κ2) is 11.2. The average molecular weight is 569 g/mol. The summed E-state index contributed by atoms with van der Waals surface area (Å²) in [5, 5.41) is 1.89. The van der Waals surface area contributed by atoms with Crippen LogP contribution in [0.25, 0.3) is 21.8 Å². The number of carbonyl (C=O) groups excluding carboxylic acids is 2. The van der Waals surface area contributed by atoms with Crippen LogP contribution in [0.3, 0.4) is 0 Å². The first-order valence-corrected chi connectivity index (χ1v) is 15.4. The van der Waals surface area contributed by atoms with Crippen molar-refractivity contribution >= 4 is 33.7 Å². The topological polar surface area (TPSA) is 90.7 Å². The predicted octanol–water partition coefficient (Wildman–Crippen LogP) is 5.90. The summed E-state index contributed by atoms with van der Waals surface area (Å²) in [5.74, 6) is -0.386. The Hall–Kier alpha value is -3.62. The zero-order valence-electron chi connectivity index (χ0n) is 24.4. The molecule has 2 N–H and O–H groups in total. The van der Waals surface area contributed by atoms with Gasteiger partial charge in [0.25, 0.3) is 0 Å². The number of benzene rings is 2. The van der Waals surface area contributed by atoms with Gasteiger partial charge in [-0.05, 0) is 51.9 Å². The SMILES string of the molecule is CN1[C@@H]2CC[C@H]1CC(OC(=O)c1c[nH]c3ccccc13)C2.CN1[C@@H]2CC[C@H]1CC(OC(=O)c1c[nH]c3ccccc13)C2. The predicted molar refractivity (Wildman–Crippen MR) is 163 cm³/mol. The molecule has 0 amide bonds. The van der Waals surface area contributed by atoms with Gasteiger partial charge in [-0.2, -0.15) is 0 Å². The second-order valence-corrected chi connectivity index (χ2v) is 12.6. The normalized spacial score (nSPS) is 28.9. The van der Waals surface area contributed by atoms with Crippen LogP contribution in [0.2, 0.25) is 0 Å². The van der Waals surface area contributed by atoms with Gasteiger partial charge in [0.15, 0.2) is 0 Å². The van der Waals surface area contributed by atoms with Crippen LogP contribution in [0.1, 0.15) is 72.1 Å². The molecule has 8 nitrogen and oxygen atoms in total. The van der Waals surface area contributed by atoms with Crippen molar-refractivity contribution in [3.63, 3.8) is 0 Å². The van der Waals surface area contributed by atoms with Gasteiger partial charge in [0, 0.05) is 84.1 Å². The van der Waals surface area contributed by atoms with Crippen LogP contribution in [0.5, 0.6) is 0 Å². The summed E-state index contributed by atoms with van der Waals surface area (Å²) in [7, 11) is 4.39. The van der Waals surface area contributed by atoms with Crippen molar-refractivity contribution in [2.24, 2.45) is 0 Å². The highest BCUT2D eigenvalue weighted by Gasteiger charge is 2.41. The van der Waals surface area contributed by atoms with Crippen LogP contribution >= 0.6 is 0 Å². The molecule has 6 atom stereocenters. The maximum atomic E-state index is 12.4. The minimum absolute atomic E-state index is 0.0693. The van der Waals surface area contributed by atoms with Crippen LogP contribution < -0.4 is 0 Å². The maximum Gasteiger partial charge on any atom is 0.340 e. The fourth-order valence-corrected chi connectivity index (χ4v) is 7.83. The molecule has 2 aromatic carbocycles. The average Bonchev–Trinajstić information content (AvgIpc) is 3.71. The van der Waals surface area contributed by atoms with E-state index in [0.29, 0.717) is 35.3 Å². The number of hydrogen-bond acceptors (Lipinski definition) is 6. The van der Waals surface area contributed by atoms with Gasteiger partial charge in [0.05, 0.1) is 11.1 Å². The van der Waals surface area contributed by atoms with E-state index < -0.39 is 0 Å². The first-order chi connectivity index (χ1) is 20.4. The smallest absolute Gasteiger partial charge is 0.340 e. The minimum atomic E-state index is -0.193. The van der Waals surface area contributed by atoms with Crippen molar-refractivity contribution in [3.8, 4) is 0 Å². The monoisotopic (exact) mass is 568 g/mol. The molecular formula is C34H40N4O4. The number of rotatable bonds is 4. The molecule has 220 valence electrons. The summed E-state index contributed by atoms with van der Waals surface area (Å²) in [6.07, 6.45) is 12.5. The number of aromatic nitrogens is 2. The lowest BCUT2D eigenvalue weighted by Crippen LogP contribution is -2.43. The van der Waals surface area contributed by atoms with Crippen LogP contribution in [-0.4, -0.2) is 82.2 Å². The van der Waals surface area contributed by atoms with Gasteiger partial charge in [-0.1, -0.05) is 36.4 Å². The number of H-pyrrole nitrogens is 2. The highest BCUT2D eigenvalue weighted by atomic mass is 16.5. The van der Waals surface area contributed by atoms with Crippen LogP contribution in [0, 0.1) is 0 Å². The molecule has 4 bridgehead atoms. The number of ether oxygens (including phenoxy) is 2. The largest absolute Gasteiger partial charge is 0.459 e. The molecule has 4 fully saturated rings. The molecule has 0 radical (unpaired) electrons. The number of aromatic amines is 2. The van der Waals surface area contributed by atoms with Gasteiger partial charge in [0.1, 0.15) is 12.2 Å². The minimum Gasteiger partial charge on any atom is -0.459 e. The summed E-state index contributed by atoms with van der Waals surface area (Å²) in [5.41, 5.74) is 3.26. The lowest BCUT2D eigenvalue weighted by molar-refractivity contribution is -0.00112. The van der Waals surface area contributed by atoms with Gasteiger partial charge < -0.3 is 29.2 Å². The summed E-state index contributed by atoms with van der Waals surface area (Å²) < 4.78 is 11.6. The molecule has 4 saturated heterocycles. The third kappa shape index (κ3) is 5.11. The van der Waals surface area contributed by atoms with E-state index in [0.717, 1.165) is 47.5 Å². The summed E-state index contributed by atoms with van der Waals surface area (Å²) in [6, 6.07) is 18.0. The van der Waals surface area contributed by atoms with Gasteiger partial charge in [-0.3, -0.25) is 0 Å². The Kier molecular flexibility index (Phi) is 7.28. The number of nitrogens with zero attached hydrogens (tertiary/aromatic N) is 2. The highest BCUT2D eigenvalue weighted by molar-refractivity contribution is 6.04. The lowest BCUT2D eigenvalue weighted by Gasteiger charge is -2.35. The Bertz CT molecular complexity index is 1450. The third-order valence-electron chi connectivity index (χ3n) is 10.3. The Labute approximate surface area is 246 Å². The Morgan fingerprint density at radius 1 is 0.619 bits per heavy atom. The number of carbonyl (C=O) groups is 2. The zero-order chi connectivity index (χ0) is 28.8. The van der Waals surface area contributed by atoms with Crippen LogP contribution in [-0.2, 0) is 9.47 Å². The first-order valence-electron chi connectivity index (χ1n) is 15.4. The molecule has 8 rings (SSSR count). The van der Waals surface area contributed by atoms with Crippen molar-refractivity contribution in [1.29, 1.82) is 0 Å². The summed E-state index contributed by atoms with van der Waals surface area (Å²) >= 11 is 0. The summed E-state index contributed by atoms with van der Waals surface area (Å²) in [4.78, 5) is 36.1. The van der Waals surface area contributed by atoms with E-state index >= 15 is 0 Å². The number of para-hydroxylation sites is 2.